The maximum Gasteiger partial charge on any atom is 0.202 e. The van der Waals surface area contributed by atoms with Crippen LogP contribution in [0.5, 0.6) is 0 Å². The minimum atomic E-state index is 0.106. The van der Waals surface area contributed by atoms with Gasteiger partial charge in [-0.25, -0.2) is 0 Å². The van der Waals surface area contributed by atoms with Crippen molar-refractivity contribution in [1.82, 2.24) is 0 Å². The fourth-order valence-corrected chi connectivity index (χ4v) is 2.99. The van der Waals surface area contributed by atoms with Crippen LogP contribution in [0.4, 0.5) is 0 Å². The van der Waals surface area contributed by atoms with Gasteiger partial charge in [0.25, 0.3) is 0 Å². The number of carbonyl (C=O) groups excluding carboxylic acids is 1. The van der Waals surface area contributed by atoms with Crippen molar-refractivity contribution >= 4 is 39.7 Å². The summed E-state index contributed by atoms with van der Waals surface area (Å²) in [6.45, 7) is 6.49. The number of rotatable bonds is 2. The fourth-order valence-electron chi connectivity index (χ4n) is 1.61. The van der Waals surface area contributed by atoms with Crippen LogP contribution in [-0.2, 0) is 5.41 Å². The Balaban J connectivity index is 2.29. The average molecular weight is 370 g/mol. The third-order valence-electron chi connectivity index (χ3n) is 2.68. The molecule has 0 spiro atoms. The molecule has 0 unspecified atom stereocenters. The first-order valence-electron chi connectivity index (χ1n) is 5.78. The summed E-state index contributed by atoms with van der Waals surface area (Å²) in [7, 11) is 0. The molecule has 3 heteroatoms. The second-order valence-corrected chi connectivity index (χ2v) is 7.58. The number of halogens is 1. The smallest absolute Gasteiger partial charge is 0.202 e. The SMILES string of the molecule is CC(C)(C)c1ccc(C(=O)c2ccc(I)cc2)s1. The molecule has 0 aliphatic carbocycles. The zero-order valence-corrected chi connectivity index (χ0v) is 13.6. The van der Waals surface area contributed by atoms with Crippen molar-refractivity contribution in [3.63, 3.8) is 0 Å². The van der Waals surface area contributed by atoms with Crippen LogP contribution in [0.15, 0.2) is 36.4 Å². The Morgan fingerprint density at radius 2 is 1.67 bits per heavy atom. The van der Waals surface area contributed by atoms with Crippen LogP contribution in [0.1, 0.15) is 40.9 Å². The van der Waals surface area contributed by atoms with Crippen LogP contribution >= 0.6 is 33.9 Å². The van der Waals surface area contributed by atoms with E-state index in [0.29, 0.717) is 0 Å². The molecule has 0 saturated heterocycles. The standard InChI is InChI=1S/C15H15IOS/c1-15(2,3)13-9-8-12(18-13)14(17)10-4-6-11(16)7-5-10/h4-9H,1-3H3. The molecule has 94 valence electrons. The molecule has 0 bridgehead atoms. The quantitative estimate of drug-likeness (QED) is 0.544. The van der Waals surface area contributed by atoms with E-state index in [4.69, 9.17) is 0 Å². The fraction of sp³-hybridized carbons (Fsp3) is 0.267. The van der Waals surface area contributed by atoms with Gasteiger partial charge in [0.2, 0.25) is 5.78 Å². The topological polar surface area (TPSA) is 17.1 Å². The molecular formula is C15H15IOS. The molecule has 1 aromatic carbocycles. The maximum absolute atomic E-state index is 12.3. The summed E-state index contributed by atoms with van der Waals surface area (Å²) in [5.74, 6) is 0.118. The highest BCUT2D eigenvalue weighted by molar-refractivity contribution is 14.1. The molecular weight excluding hydrogens is 355 g/mol. The normalized spacial score (nSPS) is 11.6. The predicted octanol–water partition coefficient (Wildman–Crippen LogP) is 4.88. The first kappa shape index (κ1) is 13.7. The Hall–Kier alpha value is -0.680. The molecule has 1 aromatic heterocycles. The largest absolute Gasteiger partial charge is 0.288 e. The zero-order valence-electron chi connectivity index (χ0n) is 10.7. The molecule has 0 atom stereocenters. The third-order valence-corrected chi connectivity index (χ3v) is 4.90. The summed E-state index contributed by atoms with van der Waals surface area (Å²) in [5, 5.41) is 0. The van der Waals surface area contributed by atoms with Gasteiger partial charge in [0.05, 0.1) is 4.88 Å². The Kier molecular flexibility index (Phi) is 3.92. The Bertz CT molecular complexity index is 561. The van der Waals surface area contributed by atoms with E-state index in [0.717, 1.165) is 14.0 Å². The van der Waals surface area contributed by atoms with E-state index in [-0.39, 0.29) is 11.2 Å². The molecule has 0 fully saturated rings. The van der Waals surface area contributed by atoms with Crippen LogP contribution in [0.3, 0.4) is 0 Å². The van der Waals surface area contributed by atoms with Gasteiger partial charge in [0, 0.05) is 14.0 Å². The number of hydrogen-bond acceptors (Lipinski definition) is 2. The van der Waals surface area contributed by atoms with Crippen molar-refractivity contribution in [3.05, 3.63) is 55.3 Å². The molecule has 0 N–H and O–H groups in total. The van der Waals surface area contributed by atoms with Crippen LogP contribution < -0.4 is 0 Å². The molecule has 2 aromatic rings. The average Bonchev–Trinajstić information content (AvgIpc) is 2.78. The van der Waals surface area contributed by atoms with Gasteiger partial charge in [-0.3, -0.25) is 4.79 Å². The lowest BCUT2D eigenvalue weighted by Crippen LogP contribution is -2.07. The van der Waals surface area contributed by atoms with E-state index in [1.807, 2.05) is 30.3 Å². The highest BCUT2D eigenvalue weighted by atomic mass is 127. The molecule has 18 heavy (non-hydrogen) atoms. The third kappa shape index (κ3) is 3.01. The molecule has 1 nitrogen and oxygen atoms in total. The lowest BCUT2D eigenvalue weighted by atomic mass is 9.95. The Labute approximate surface area is 125 Å². The number of benzene rings is 1. The summed E-state index contributed by atoms with van der Waals surface area (Å²) in [6, 6.07) is 11.7. The highest BCUT2D eigenvalue weighted by Crippen LogP contribution is 2.30. The minimum Gasteiger partial charge on any atom is -0.288 e. The van der Waals surface area contributed by atoms with Crippen molar-refractivity contribution in [3.8, 4) is 0 Å². The van der Waals surface area contributed by atoms with Gasteiger partial charge in [-0.05, 0) is 64.4 Å². The molecule has 0 radical (unpaired) electrons. The maximum atomic E-state index is 12.3. The van der Waals surface area contributed by atoms with E-state index in [2.05, 4.69) is 49.4 Å². The van der Waals surface area contributed by atoms with Crippen molar-refractivity contribution in [2.75, 3.05) is 0 Å². The van der Waals surface area contributed by atoms with Gasteiger partial charge in [0.1, 0.15) is 0 Å². The van der Waals surface area contributed by atoms with Gasteiger partial charge in [-0.2, -0.15) is 0 Å². The summed E-state index contributed by atoms with van der Waals surface area (Å²) < 4.78 is 1.14. The van der Waals surface area contributed by atoms with Gasteiger partial charge in [-0.15, -0.1) is 11.3 Å². The minimum absolute atomic E-state index is 0.106. The summed E-state index contributed by atoms with van der Waals surface area (Å²) >= 11 is 3.84. The first-order chi connectivity index (χ1) is 8.38. The molecule has 0 aliphatic rings. The van der Waals surface area contributed by atoms with Gasteiger partial charge >= 0.3 is 0 Å². The number of thiophene rings is 1. The summed E-state index contributed by atoms with van der Waals surface area (Å²) in [5.41, 5.74) is 0.868. The molecule has 2 rings (SSSR count). The summed E-state index contributed by atoms with van der Waals surface area (Å²) in [6.07, 6.45) is 0. The predicted molar refractivity (Wildman–Crippen MR) is 85.6 cm³/mol. The Morgan fingerprint density at radius 1 is 1.06 bits per heavy atom. The molecule has 1 heterocycles. The van der Waals surface area contributed by atoms with Crippen molar-refractivity contribution in [1.29, 1.82) is 0 Å². The van der Waals surface area contributed by atoms with E-state index >= 15 is 0 Å². The van der Waals surface area contributed by atoms with Crippen LogP contribution in [0, 0.1) is 3.57 Å². The highest BCUT2D eigenvalue weighted by Gasteiger charge is 2.19. The van der Waals surface area contributed by atoms with E-state index < -0.39 is 0 Å². The van der Waals surface area contributed by atoms with Crippen LogP contribution in [-0.4, -0.2) is 5.78 Å². The van der Waals surface area contributed by atoms with Gasteiger partial charge < -0.3 is 0 Å². The van der Waals surface area contributed by atoms with Crippen LogP contribution in [0.2, 0.25) is 0 Å². The van der Waals surface area contributed by atoms with Crippen molar-refractivity contribution in [2.45, 2.75) is 26.2 Å². The monoisotopic (exact) mass is 370 g/mol. The molecule has 0 amide bonds. The first-order valence-corrected chi connectivity index (χ1v) is 7.68. The van der Waals surface area contributed by atoms with Gasteiger partial charge in [-0.1, -0.05) is 20.8 Å². The zero-order chi connectivity index (χ0) is 13.3. The number of ketones is 1. The van der Waals surface area contributed by atoms with Crippen LogP contribution in [0.25, 0.3) is 0 Å². The van der Waals surface area contributed by atoms with Crippen molar-refractivity contribution in [2.24, 2.45) is 0 Å². The van der Waals surface area contributed by atoms with E-state index in [9.17, 15) is 4.79 Å². The second kappa shape index (κ2) is 5.13. The van der Waals surface area contributed by atoms with Gasteiger partial charge in [0.15, 0.2) is 0 Å². The molecule has 0 saturated carbocycles. The number of carbonyl (C=O) groups is 1. The summed E-state index contributed by atoms with van der Waals surface area (Å²) in [4.78, 5) is 14.4. The lowest BCUT2D eigenvalue weighted by Gasteiger charge is -2.15. The lowest BCUT2D eigenvalue weighted by molar-refractivity contribution is 0.104. The van der Waals surface area contributed by atoms with E-state index in [1.54, 1.807) is 11.3 Å². The van der Waals surface area contributed by atoms with Crippen molar-refractivity contribution < 1.29 is 4.79 Å². The Morgan fingerprint density at radius 3 is 2.17 bits per heavy atom. The number of hydrogen-bond donors (Lipinski definition) is 0. The second-order valence-electron chi connectivity index (χ2n) is 5.25. The van der Waals surface area contributed by atoms with E-state index in [1.165, 1.54) is 4.88 Å². The molecule has 0 aliphatic heterocycles.